The summed E-state index contributed by atoms with van der Waals surface area (Å²) >= 11 is 0. The van der Waals surface area contributed by atoms with Crippen molar-refractivity contribution in [2.75, 3.05) is 11.9 Å². The van der Waals surface area contributed by atoms with Crippen molar-refractivity contribution in [2.24, 2.45) is 7.05 Å². The second-order valence-corrected chi connectivity index (χ2v) is 6.98. The van der Waals surface area contributed by atoms with Gasteiger partial charge in [-0.15, -0.1) is 0 Å². The molecule has 2 aromatic heterocycles. The topological polar surface area (TPSA) is 91.0 Å². The monoisotopic (exact) mass is 395 g/mol. The lowest BCUT2D eigenvalue weighted by Crippen LogP contribution is -2.22. The molecule has 0 bridgehead atoms. The number of aryl methyl sites for hydroxylation is 3. The van der Waals surface area contributed by atoms with Gasteiger partial charge in [-0.25, -0.2) is 4.79 Å². The number of rotatable bonds is 6. The molecule has 29 heavy (non-hydrogen) atoms. The summed E-state index contributed by atoms with van der Waals surface area (Å²) in [6.45, 7) is 7.42. The van der Waals surface area contributed by atoms with Gasteiger partial charge < -0.3 is 10.1 Å². The van der Waals surface area contributed by atoms with E-state index in [1.165, 1.54) is 0 Å². The molecule has 3 rings (SSSR count). The molecule has 1 aromatic carbocycles. The van der Waals surface area contributed by atoms with E-state index in [9.17, 15) is 9.59 Å². The Hall–Kier alpha value is -3.42. The number of amides is 1. The third-order valence-corrected chi connectivity index (χ3v) is 4.87. The van der Waals surface area contributed by atoms with Gasteiger partial charge in [0.2, 0.25) is 0 Å². The van der Waals surface area contributed by atoms with Crippen molar-refractivity contribution >= 4 is 17.6 Å². The van der Waals surface area contributed by atoms with Gasteiger partial charge in [-0.3, -0.25) is 14.2 Å². The van der Waals surface area contributed by atoms with Crippen LogP contribution in [-0.2, 0) is 23.1 Å². The largest absolute Gasteiger partial charge is 0.452 e. The molecule has 0 aliphatic heterocycles. The minimum atomic E-state index is -0.561. The minimum absolute atomic E-state index is 0.380. The number of aromatic nitrogens is 4. The SMILES string of the molecule is Cc1nn(C)c(C)c1NC(=O)COC(=O)c1c(C)nn(Cc2ccccc2)c1C. The molecule has 152 valence electrons. The van der Waals surface area contributed by atoms with Crippen LogP contribution >= 0.6 is 0 Å². The molecule has 2 heterocycles. The average molecular weight is 395 g/mol. The molecule has 0 aliphatic carbocycles. The van der Waals surface area contributed by atoms with Gasteiger partial charge in [0.15, 0.2) is 6.61 Å². The number of hydrogen-bond donors (Lipinski definition) is 1. The lowest BCUT2D eigenvalue weighted by Gasteiger charge is -2.08. The van der Waals surface area contributed by atoms with Crippen LogP contribution < -0.4 is 5.32 Å². The number of benzene rings is 1. The second kappa shape index (κ2) is 8.30. The van der Waals surface area contributed by atoms with Crippen LogP contribution in [0.2, 0.25) is 0 Å². The summed E-state index contributed by atoms with van der Waals surface area (Å²) < 4.78 is 8.70. The summed E-state index contributed by atoms with van der Waals surface area (Å²) in [6.07, 6.45) is 0. The molecule has 3 aromatic rings. The Bertz CT molecular complexity index is 1050. The van der Waals surface area contributed by atoms with Crippen LogP contribution in [0.15, 0.2) is 30.3 Å². The van der Waals surface area contributed by atoms with Crippen molar-refractivity contribution in [1.82, 2.24) is 19.6 Å². The number of esters is 1. The summed E-state index contributed by atoms with van der Waals surface area (Å²) in [4.78, 5) is 24.8. The molecule has 0 spiro atoms. The van der Waals surface area contributed by atoms with Crippen molar-refractivity contribution in [3.63, 3.8) is 0 Å². The van der Waals surface area contributed by atoms with E-state index < -0.39 is 11.9 Å². The minimum Gasteiger partial charge on any atom is -0.452 e. The molecule has 0 atom stereocenters. The first-order valence-corrected chi connectivity index (χ1v) is 9.33. The molecule has 8 heteroatoms. The molecule has 8 nitrogen and oxygen atoms in total. The molecule has 1 amide bonds. The van der Waals surface area contributed by atoms with Crippen LogP contribution in [0, 0.1) is 27.7 Å². The maximum atomic E-state index is 12.6. The van der Waals surface area contributed by atoms with Gasteiger partial charge in [-0.05, 0) is 33.3 Å². The number of carbonyl (C=O) groups excluding carboxylic acids is 2. The van der Waals surface area contributed by atoms with Crippen LogP contribution in [-0.4, -0.2) is 38.0 Å². The van der Waals surface area contributed by atoms with Gasteiger partial charge >= 0.3 is 5.97 Å². The molecule has 0 radical (unpaired) electrons. The van der Waals surface area contributed by atoms with E-state index in [1.54, 1.807) is 23.3 Å². The number of carbonyl (C=O) groups is 2. The van der Waals surface area contributed by atoms with E-state index in [2.05, 4.69) is 15.5 Å². The lowest BCUT2D eigenvalue weighted by molar-refractivity contribution is -0.119. The van der Waals surface area contributed by atoms with Gasteiger partial charge in [0.05, 0.1) is 35.0 Å². The van der Waals surface area contributed by atoms with Gasteiger partial charge in [-0.2, -0.15) is 10.2 Å². The van der Waals surface area contributed by atoms with Crippen molar-refractivity contribution in [2.45, 2.75) is 34.2 Å². The number of ether oxygens (including phenoxy) is 1. The zero-order valence-electron chi connectivity index (χ0n) is 17.3. The van der Waals surface area contributed by atoms with Crippen LogP contribution in [0.4, 0.5) is 5.69 Å². The molecule has 0 unspecified atom stereocenters. The maximum absolute atomic E-state index is 12.6. The molecule has 0 aliphatic rings. The first-order valence-electron chi connectivity index (χ1n) is 9.33. The molecule has 0 fully saturated rings. The quantitative estimate of drug-likeness (QED) is 0.648. The summed E-state index contributed by atoms with van der Waals surface area (Å²) in [6, 6.07) is 9.87. The fourth-order valence-electron chi connectivity index (χ4n) is 3.24. The Kier molecular flexibility index (Phi) is 5.81. The number of nitrogens with one attached hydrogen (secondary N) is 1. The highest BCUT2D eigenvalue weighted by atomic mass is 16.5. The maximum Gasteiger partial charge on any atom is 0.342 e. The van der Waals surface area contributed by atoms with E-state index in [0.717, 1.165) is 11.3 Å². The predicted octanol–water partition coefficient (Wildman–Crippen LogP) is 2.69. The van der Waals surface area contributed by atoms with Gasteiger partial charge in [-0.1, -0.05) is 30.3 Å². The van der Waals surface area contributed by atoms with Crippen molar-refractivity contribution in [1.29, 1.82) is 0 Å². The Morgan fingerprint density at radius 1 is 1.00 bits per heavy atom. The zero-order chi connectivity index (χ0) is 21.1. The van der Waals surface area contributed by atoms with Crippen molar-refractivity contribution in [3.05, 3.63) is 64.2 Å². The highest BCUT2D eigenvalue weighted by molar-refractivity contribution is 5.97. The first kappa shape index (κ1) is 20.3. The summed E-state index contributed by atoms with van der Waals surface area (Å²) in [5.41, 5.74) is 4.92. The summed E-state index contributed by atoms with van der Waals surface area (Å²) in [5, 5.41) is 11.5. The number of nitrogens with zero attached hydrogens (tertiary/aromatic N) is 4. The van der Waals surface area contributed by atoms with Gasteiger partial charge in [0.1, 0.15) is 5.56 Å². The Morgan fingerprint density at radius 2 is 1.69 bits per heavy atom. The summed E-state index contributed by atoms with van der Waals surface area (Å²) in [5.74, 6) is -0.973. The fraction of sp³-hybridized carbons (Fsp3) is 0.333. The number of anilines is 1. The van der Waals surface area contributed by atoms with Crippen LogP contribution in [0.3, 0.4) is 0 Å². The lowest BCUT2D eigenvalue weighted by atomic mass is 10.2. The van der Waals surface area contributed by atoms with E-state index in [4.69, 9.17) is 4.74 Å². The Labute approximate surface area is 169 Å². The normalized spacial score (nSPS) is 10.8. The standard InChI is InChI=1S/C21H25N5O3/c1-13-19(15(3)26(24-13)11-17-9-7-6-8-10-17)21(28)29-12-18(27)22-20-14(2)23-25(5)16(20)4/h6-10H,11-12H2,1-5H3,(H,22,27). The van der Waals surface area contributed by atoms with Crippen LogP contribution in [0.1, 0.15) is 38.7 Å². The first-order chi connectivity index (χ1) is 13.8. The highest BCUT2D eigenvalue weighted by Gasteiger charge is 2.21. The van der Waals surface area contributed by atoms with E-state index in [0.29, 0.717) is 34.9 Å². The highest BCUT2D eigenvalue weighted by Crippen LogP contribution is 2.19. The Balaban J connectivity index is 1.65. The predicted molar refractivity (Wildman–Crippen MR) is 109 cm³/mol. The average Bonchev–Trinajstić information content (AvgIpc) is 3.09. The van der Waals surface area contributed by atoms with Crippen molar-refractivity contribution in [3.8, 4) is 0 Å². The van der Waals surface area contributed by atoms with Gasteiger partial charge in [0, 0.05) is 7.05 Å². The third kappa shape index (κ3) is 4.37. The molecular formula is C21H25N5O3. The van der Waals surface area contributed by atoms with E-state index in [-0.39, 0.29) is 6.61 Å². The smallest absolute Gasteiger partial charge is 0.342 e. The van der Waals surface area contributed by atoms with Gasteiger partial charge in [0.25, 0.3) is 5.91 Å². The molecule has 1 N–H and O–H groups in total. The third-order valence-electron chi connectivity index (χ3n) is 4.87. The second-order valence-electron chi connectivity index (χ2n) is 6.98. The van der Waals surface area contributed by atoms with Crippen LogP contribution in [0.25, 0.3) is 0 Å². The van der Waals surface area contributed by atoms with Crippen molar-refractivity contribution < 1.29 is 14.3 Å². The fourth-order valence-corrected chi connectivity index (χ4v) is 3.24. The summed E-state index contributed by atoms with van der Waals surface area (Å²) in [7, 11) is 1.80. The van der Waals surface area contributed by atoms with E-state index >= 15 is 0 Å². The number of hydrogen-bond acceptors (Lipinski definition) is 5. The molecular weight excluding hydrogens is 370 g/mol. The molecule has 0 saturated carbocycles. The van der Waals surface area contributed by atoms with Crippen LogP contribution in [0.5, 0.6) is 0 Å². The molecule has 0 saturated heterocycles. The van der Waals surface area contributed by atoms with E-state index in [1.807, 2.05) is 51.1 Å². The Morgan fingerprint density at radius 3 is 2.31 bits per heavy atom. The zero-order valence-corrected chi connectivity index (χ0v) is 17.3.